The molecule has 94 valence electrons. The molecular formula is C10H15IN4O2. The molecular weight excluding hydrogens is 335 g/mol. The first-order valence-corrected chi connectivity index (χ1v) is 6.69. The van der Waals surface area contributed by atoms with Gasteiger partial charge in [-0.2, -0.15) is 4.98 Å². The molecule has 1 saturated heterocycles. The van der Waals surface area contributed by atoms with Gasteiger partial charge in [0.25, 0.3) is 0 Å². The Morgan fingerprint density at radius 3 is 2.88 bits per heavy atom. The topological polar surface area (TPSA) is 96.2 Å². The van der Waals surface area contributed by atoms with E-state index in [9.17, 15) is 4.79 Å². The van der Waals surface area contributed by atoms with Crippen molar-refractivity contribution in [3.63, 3.8) is 0 Å². The number of hydrogen-bond acceptors (Lipinski definition) is 5. The van der Waals surface area contributed by atoms with Crippen molar-refractivity contribution in [3.05, 3.63) is 22.7 Å². The summed E-state index contributed by atoms with van der Waals surface area (Å²) in [7, 11) is 0. The van der Waals surface area contributed by atoms with Gasteiger partial charge in [-0.3, -0.25) is 4.57 Å². The van der Waals surface area contributed by atoms with E-state index in [0.29, 0.717) is 0 Å². The smallest absolute Gasteiger partial charge is 0.351 e. The highest BCUT2D eigenvalue weighted by Crippen LogP contribution is 2.33. The molecule has 1 unspecified atom stereocenters. The molecule has 1 aliphatic heterocycles. The van der Waals surface area contributed by atoms with E-state index in [1.165, 1.54) is 4.57 Å². The lowest BCUT2D eigenvalue weighted by Crippen LogP contribution is -2.39. The summed E-state index contributed by atoms with van der Waals surface area (Å²) in [5.41, 5.74) is 11.1. The molecule has 0 saturated carbocycles. The molecule has 0 radical (unpaired) electrons. The average Bonchev–Trinajstić information content (AvgIpc) is 2.57. The summed E-state index contributed by atoms with van der Waals surface area (Å²) in [4.78, 5) is 15.4. The maximum absolute atomic E-state index is 11.7. The molecule has 2 rings (SSSR count). The molecule has 2 heterocycles. The zero-order valence-corrected chi connectivity index (χ0v) is 11.6. The first-order valence-electron chi connectivity index (χ1n) is 5.44. The Labute approximate surface area is 112 Å². The van der Waals surface area contributed by atoms with Crippen molar-refractivity contribution in [3.8, 4) is 0 Å². The molecule has 17 heavy (non-hydrogen) atoms. The molecule has 0 aliphatic carbocycles. The van der Waals surface area contributed by atoms with Crippen LogP contribution in [0.1, 0.15) is 19.6 Å². The molecule has 0 spiro atoms. The minimum Gasteiger partial charge on any atom is -0.383 e. The van der Waals surface area contributed by atoms with E-state index >= 15 is 0 Å². The Kier molecular flexibility index (Phi) is 3.69. The van der Waals surface area contributed by atoms with Crippen LogP contribution < -0.4 is 17.2 Å². The van der Waals surface area contributed by atoms with E-state index < -0.39 is 11.9 Å². The number of nitrogens with two attached hydrogens (primary N) is 2. The van der Waals surface area contributed by atoms with Crippen LogP contribution >= 0.6 is 22.6 Å². The first kappa shape index (κ1) is 12.8. The predicted octanol–water partition coefficient (Wildman–Crippen LogP) is 0.264. The van der Waals surface area contributed by atoms with Crippen molar-refractivity contribution in [1.82, 2.24) is 9.55 Å². The molecule has 7 heteroatoms. The molecule has 1 aliphatic rings. The van der Waals surface area contributed by atoms with E-state index in [2.05, 4.69) is 27.6 Å². The third kappa shape index (κ3) is 2.31. The van der Waals surface area contributed by atoms with Crippen LogP contribution in [-0.2, 0) is 4.74 Å². The number of anilines is 1. The second-order valence-electron chi connectivity index (χ2n) is 4.04. The minimum absolute atomic E-state index is 0.0695. The summed E-state index contributed by atoms with van der Waals surface area (Å²) in [6.07, 6.45) is 2.06. The molecule has 1 aromatic rings. The van der Waals surface area contributed by atoms with Gasteiger partial charge in [-0.25, -0.2) is 4.79 Å². The first-order chi connectivity index (χ1) is 8.04. The molecule has 4 N–H and O–H groups in total. The fourth-order valence-corrected chi connectivity index (χ4v) is 2.98. The second-order valence-corrected chi connectivity index (χ2v) is 5.48. The van der Waals surface area contributed by atoms with Crippen molar-refractivity contribution < 1.29 is 4.74 Å². The fraction of sp³-hybridized carbons (Fsp3) is 0.600. The quantitative estimate of drug-likeness (QED) is 0.589. The van der Waals surface area contributed by atoms with Gasteiger partial charge in [-0.1, -0.05) is 29.5 Å². The van der Waals surface area contributed by atoms with Crippen molar-refractivity contribution in [2.75, 3.05) is 5.73 Å². The lowest BCUT2D eigenvalue weighted by molar-refractivity contribution is -0.00557. The normalized spacial score (nSPS) is 32.9. The maximum atomic E-state index is 11.7. The molecule has 0 amide bonds. The summed E-state index contributed by atoms with van der Waals surface area (Å²) < 4.78 is 7.38. The lowest BCUT2D eigenvalue weighted by Gasteiger charge is -2.17. The van der Waals surface area contributed by atoms with Crippen molar-refractivity contribution in [1.29, 1.82) is 0 Å². The van der Waals surface area contributed by atoms with Crippen LogP contribution in [-0.4, -0.2) is 25.6 Å². The van der Waals surface area contributed by atoms with Gasteiger partial charge in [0.2, 0.25) is 0 Å². The lowest BCUT2D eigenvalue weighted by atomic mass is 10.1. The van der Waals surface area contributed by atoms with Gasteiger partial charge >= 0.3 is 5.69 Å². The van der Waals surface area contributed by atoms with Crippen LogP contribution in [0, 0.1) is 0 Å². The number of halogens is 1. The van der Waals surface area contributed by atoms with Crippen molar-refractivity contribution in [2.24, 2.45) is 5.73 Å². The molecule has 6 nitrogen and oxygen atoms in total. The molecule has 0 aromatic carbocycles. The van der Waals surface area contributed by atoms with E-state index in [-0.39, 0.29) is 21.9 Å². The van der Waals surface area contributed by atoms with Gasteiger partial charge in [0.1, 0.15) is 5.82 Å². The monoisotopic (exact) mass is 350 g/mol. The zero-order valence-electron chi connectivity index (χ0n) is 9.41. The SMILES string of the molecule is CC[C@H]1O[C@@H](n2ccc(N)nc2=O)C(N)[C@H]1I. The molecule has 1 aromatic heterocycles. The van der Waals surface area contributed by atoms with Gasteiger partial charge in [-0.15, -0.1) is 0 Å². The van der Waals surface area contributed by atoms with Crippen LogP contribution in [0.3, 0.4) is 0 Å². The van der Waals surface area contributed by atoms with Gasteiger partial charge < -0.3 is 16.2 Å². The Morgan fingerprint density at radius 1 is 1.65 bits per heavy atom. The number of nitrogen functional groups attached to an aromatic ring is 1. The number of rotatable bonds is 2. The van der Waals surface area contributed by atoms with E-state index in [4.69, 9.17) is 16.2 Å². The number of ether oxygens (including phenoxy) is 1. The van der Waals surface area contributed by atoms with Crippen molar-refractivity contribution >= 4 is 28.4 Å². The highest BCUT2D eigenvalue weighted by Gasteiger charge is 2.41. The summed E-state index contributed by atoms with van der Waals surface area (Å²) in [6, 6.07) is 1.35. The van der Waals surface area contributed by atoms with Crippen molar-refractivity contribution in [2.45, 2.75) is 35.6 Å². The van der Waals surface area contributed by atoms with E-state index in [1.807, 2.05) is 6.92 Å². The van der Waals surface area contributed by atoms with Gasteiger partial charge in [0, 0.05) is 6.20 Å². The third-order valence-corrected chi connectivity index (χ3v) is 4.53. The standard InChI is InChI=1S/C10H15IN4O2/c1-2-5-7(11)8(13)9(17-5)15-4-3-6(12)14-10(15)16/h3-5,7-9H,2,13H2,1H3,(H2,12,14,16)/t5-,7+,8?,9-/m1/s1. The van der Waals surface area contributed by atoms with Gasteiger partial charge in [-0.05, 0) is 12.5 Å². The van der Waals surface area contributed by atoms with Gasteiger partial charge in [0.05, 0.1) is 16.1 Å². The highest BCUT2D eigenvalue weighted by atomic mass is 127. The average molecular weight is 350 g/mol. The van der Waals surface area contributed by atoms with Crippen LogP contribution in [0.5, 0.6) is 0 Å². The Balaban J connectivity index is 2.32. The summed E-state index contributed by atoms with van der Waals surface area (Å²) in [6.45, 7) is 2.04. The zero-order chi connectivity index (χ0) is 12.6. The fourth-order valence-electron chi connectivity index (χ4n) is 1.94. The minimum atomic E-state index is -0.456. The molecule has 4 atom stereocenters. The predicted molar refractivity (Wildman–Crippen MR) is 72.9 cm³/mol. The molecule has 1 fully saturated rings. The van der Waals surface area contributed by atoms with E-state index in [0.717, 1.165) is 6.42 Å². The number of alkyl halides is 1. The Morgan fingerprint density at radius 2 is 2.35 bits per heavy atom. The second kappa shape index (κ2) is 4.91. The van der Waals surface area contributed by atoms with E-state index in [1.54, 1.807) is 12.3 Å². The van der Waals surface area contributed by atoms with Gasteiger partial charge in [0.15, 0.2) is 6.23 Å². The van der Waals surface area contributed by atoms with Crippen LogP contribution in [0.15, 0.2) is 17.1 Å². The number of nitrogens with zero attached hydrogens (tertiary/aromatic N) is 2. The summed E-state index contributed by atoms with van der Waals surface area (Å²) in [5.74, 6) is 0.205. The molecule has 0 bridgehead atoms. The number of aromatic nitrogens is 2. The Bertz CT molecular complexity index is 464. The number of hydrogen-bond donors (Lipinski definition) is 2. The summed E-state index contributed by atoms with van der Waals surface area (Å²) in [5, 5.41) is 0. The summed E-state index contributed by atoms with van der Waals surface area (Å²) >= 11 is 2.27. The highest BCUT2D eigenvalue weighted by molar-refractivity contribution is 14.1. The third-order valence-electron chi connectivity index (χ3n) is 2.89. The van der Waals surface area contributed by atoms with Crippen LogP contribution in [0.4, 0.5) is 5.82 Å². The maximum Gasteiger partial charge on any atom is 0.351 e. The van der Waals surface area contributed by atoms with Crippen LogP contribution in [0.2, 0.25) is 0 Å². The van der Waals surface area contributed by atoms with Crippen LogP contribution in [0.25, 0.3) is 0 Å². The Hall–Kier alpha value is -0.670. The largest absolute Gasteiger partial charge is 0.383 e.